The molecule has 2 aromatic heterocycles. The molecule has 0 aliphatic heterocycles. The van der Waals surface area contributed by atoms with Crippen molar-refractivity contribution in [1.82, 2.24) is 24.9 Å². The molecule has 0 unspecified atom stereocenters. The van der Waals surface area contributed by atoms with Gasteiger partial charge in [0.2, 0.25) is 5.89 Å². The number of aromatic nitrogens is 5. The third-order valence-corrected chi connectivity index (χ3v) is 3.83. The highest BCUT2D eigenvalue weighted by Crippen LogP contribution is 2.24. The molecule has 2 N–H and O–H groups in total. The minimum Gasteiger partial charge on any atom is -0.339 e. The SMILES string of the molecule is CCCn1c(CN)nnc1SCc1noc(C(C)(C)C)n1. The number of rotatable bonds is 6. The molecule has 0 saturated carbocycles. The molecule has 2 aromatic rings. The fraction of sp³-hybridized carbons (Fsp3) is 0.692. The Hall–Kier alpha value is -1.41. The summed E-state index contributed by atoms with van der Waals surface area (Å²) in [5, 5.41) is 13.2. The second kappa shape index (κ2) is 6.57. The van der Waals surface area contributed by atoms with Crippen LogP contribution in [0.25, 0.3) is 0 Å². The summed E-state index contributed by atoms with van der Waals surface area (Å²) in [7, 11) is 0. The highest BCUT2D eigenvalue weighted by Gasteiger charge is 2.22. The van der Waals surface area contributed by atoms with Crippen LogP contribution in [0.15, 0.2) is 9.68 Å². The molecule has 0 fully saturated rings. The van der Waals surface area contributed by atoms with E-state index in [0.717, 1.165) is 23.9 Å². The third-order valence-electron chi connectivity index (χ3n) is 2.86. The summed E-state index contributed by atoms with van der Waals surface area (Å²) in [5.74, 6) is 2.73. The van der Waals surface area contributed by atoms with E-state index in [1.807, 2.05) is 20.8 Å². The molecule has 0 saturated heterocycles. The van der Waals surface area contributed by atoms with Gasteiger partial charge in [-0.1, -0.05) is 44.6 Å². The van der Waals surface area contributed by atoms with Crippen LogP contribution < -0.4 is 5.73 Å². The highest BCUT2D eigenvalue weighted by molar-refractivity contribution is 7.98. The van der Waals surface area contributed by atoms with Crippen LogP contribution >= 0.6 is 11.8 Å². The lowest BCUT2D eigenvalue weighted by Crippen LogP contribution is -2.11. The average Bonchev–Trinajstić information content (AvgIpc) is 3.03. The minimum absolute atomic E-state index is 0.134. The van der Waals surface area contributed by atoms with Gasteiger partial charge in [0, 0.05) is 12.0 Å². The molecule has 0 aliphatic carbocycles. The lowest BCUT2D eigenvalue weighted by atomic mass is 9.97. The minimum atomic E-state index is -0.134. The zero-order chi connectivity index (χ0) is 15.5. The van der Waals surface area contributed by atoms with Gasteiger partial charge in [-0.2, -0.15) is 4.98 Å². The van der Waals surface area contributed by atoms with Crippen molar-refractivity contribution in [2.45, 2.75) is 63.5 Å². The van der Waals surface area contributed by atoms with Crippen LogP contribution in [-0.4, -0.2) is 24.9 Å². The second-order valence-corrected chi connectivity index (χ2v) is 6.75. The summed E-state index contributed by atoms with van der Waals surface area (Å²) >= 11 is 1.55. The molecule has 8 heteroatoms. The Balaban J connectivity index is 2.06. The molecule has 2 rings (SSSR count). The smallest absolute Gasteiger partial charge is 0.232 e. The van der Waals surface area contributed by atoms with Crippen LogP contribution in [0.4, 0.5) is 0 Å². The van der Waals surface area contributed by atoms with E-state index in [-0.39, 0.29) is 5.41 Å². The lowest BCUT2D eigenvalue weighted by Gasteiger charge is -2.10. The Labute approximate surface area is 128 Å². The van der Waals surface area contributed by atoms with E-state index in [4.69, 9.17) is 10.3 Å². The van der Waals surface area contributed by atoms with Crippen LogP contribution in [0.3, 0.4) is 0 Å². The monoisotopic (exact) mass is 310 g/mol. The van der Waals surface area contributed by atoms with E-state index in [9.17, 15) is 0 Å². The number of hydrogen-bond acceptors (Lipinski definition) is 7. The molecule has 116 valence electrons. The normalized spacial score (nSPS) is 12.0. The molecule has 7 nitrogen and oxygen atoms in total. The van der Waals surface area contributed by atoms with Gasteiger partial charge in [-0.15, -0.1) is 10.2 Å². The molecule has 0 bridgehead atoms. The van der Waals surface area contributed by atoms with E-state index in [2.05, 4.69) is 31.8 Å². The largest absolute Gasteiger partial charge is 0.339 e. The molecular weight excluding hydrogens is 288 g/mol. The van der Waals surface area contributed by atoms with Crippen LogP contribution in [0, 0.1) is 0 Å². The Kier molecular flexibility index (Phi) is 5.00. The van der Waals surface area contributed by atoms with Gasteiger partial charge in [0.05, 0.1) is 12.3 Å². The van der Waals surface area contributed by atoms with Crippen LogP contribution in [0.2, 0.25) is 0 Å². The standard InChI is InChI=1S/C13H22N6OS/c1-5-6-19-10(7-14)16-17-12(19)21-8-9-15-11(20-18-9)13(2,3)4/h5-8,14H2,1-4H3. The molecule has 0 aromatic carbocycles. The van der Waals surface area contributed by atoms with Crippen molar-refractivity contribution in [3.63, 3.8) is 0 Å². The molecule has 0 aliphatic rings. The number of thioether (sulfide) groups is 1. The predicted octanol–water partition coefficient (Wildman–Crippen LogP) is 2.12. The van der Waals surface area contributed by atoms with Gasteiger partial charge in [0.25, 0.3) is 0 Å². The molecule has 0 spiro atoms. The van der Waals surface area contributed by atoms with Crippen LogP contribution in [0.5, 0.6) is 0 Å². The Bertz CT molecular complexity index is 586. The Morgan fingerprint density at radius 1 is 1.29 bits per heavy atom. The summed E-state index contributed by atoms with van der Waals surface area (Å²) in [6.07, 6.45) is 1.01. The summed E-state index contributed by atoms with van der Waals surface area (Å²) in [4.78, 5) is 4.42. The molecule has 2 heterocycles. The Morgan fingerprint density at radius 3 is 2.62 bits per heavy atom. The molecule has 0 amide bonds. The van der Waals surface area contributed by atoms with Gasteiger partial charge in [0.1, 0.15) is 5.82 Å². The number of hydrogen-bond donors (Lipinski definition) is 1. The van der Waals surface area contributed by atoms with Gasteiger partial charge in [-0.05, 0) is 6.42 Å². The zero-order valence-corrected chi connectivity index (χ0v) is 13.8. The van der Waals surface area contributed by atoms with E-state index in [1.54, 1.807) is 11.8 Å². The molecule has 21 heavy (non-hydrogen) atoms. The summed E-state index contributed by atoms with van der Waals surface area (Å²) in [6, 6.07) is 0. The maximum Gasteiger partial charge on any atom is 0.232 e. The first kappa shape index (κ1) is 16.0. The maximum atomic E-state index is 5.68. The summed E-state index contributed by atoms with van der Waals surface area (Å²) < 4.78 is 7.34. The quantitative estimate of drug-likeness (QED) is 0.816. The summed E-state index contributed by atoms with van der Waals surface area (Å²) in [5.41, 5.74) is 5.55. The maximum absolute atomic E-state index is 5.68. The van der Waals surface area contributed by atoms with Crippen molar-refractivity contribution < 1.29 is 4.52 Å². The van der Waals surface area contributed by atoms with Crippen molar-refractivity contribution in [3.8, 4) is 0 Å². The van der Waals surface area contributed by atoms with Gasteiger partial charge in [-0.25, -0.2) is 0 Å². The summed E-state index contributed by atoms with van der Waals surface area (Å²) in [6.45, 7) is 9.50. The average molecular weight is 310 g/mol. The van der Waals surface area contributed by atoms with E-state index in [1.165, 1.54) is 0 Å². The van der Waals surface area contributed by atoms with Crippen molar-refractivity contribution >= 4 is 11.8 Å². The Morgan fingerprint density at radius 2 is 2.05 bits per heavy atom. The molecular formula is C13H22N6OS. The van der Waals surface area contributed by atoms with Crippen molar-refractivity contribution in [1.29, 1.82) is 0 Å². The molecule has 0 radical (unpaired) electrons. The third kappa shape index (κ3) is 3.82. The van der Waals surface area contributed by atoms with Crippen LogP contribution in [-0.2, 0) is 24.3 Å². The first-order chi connectivity index (χ1) is 9.95. The van der Waals surface area contributed by atoms with Gasteiger partial charge < -0.3 is 14.8 Å². The molecule has 0 atom stereocenters. The van der Waals surface area contributed by atoms with E-state index < -0.39 is 0 Å². The topological polar surface area (TPSA) is 95.7 Å². The fourth-order valence-electron chi connectivity index (χ4n) is 1.77. The fourth-order valence-corrected chi connectivity index (χ4v) is 2.60. The van der Waals surface area contributed by atoms with Gasteiger partial charge in [0.15, 0.2) is 11.0 Å². The number of nitrogens with zero attached hydrogens (tertiary/aromatic N) is 5. The number of nitrogens with two attached hydrogens (primary N) is 1. The van der Waals surface area contributed by atoms with Crippen LogP contribution in [0.1, 0.15) is 51.7 Å². The van der Waals surface area contributed by atoms with Gasteiger partial charge >= 0.3 is 0 Å². The zero-order valence-electron chi connectivity index (χ0n) is 13.0. The van der Waals surface area contributed by atoms with E-state index in [0.29, 0.717) is 24.0 Å². The first-order valence-electron chi connectivity index (χ1n) is 7.03. The predicted molar refractivity (Wildman–Crippen MR) is 80.8 cm³/mol. The van der Waals surface area contributed by atoms with Crippen molar-refractivity contribution in [2.75, 3.05) is 0 Å². The van der Waals surface area contributed by atoms with E-state index >= 15 is 0 Å². The van der Waals surface area contributed by atoms with Crippen molar-refractivity contribution in [2.24, 2.45) is 5.73 Å². The first-order valence-corrected chi connectivity index (χ1v) is 8.02. The highest BCUT2D eigenvalue weighted by atomic mass is 32.2. The van der Waals surface area contributed by atoms with Gasteiger partial charge in [-0.3, -0.25) is 0 Å². The lowest BCUT2D eigenvalue weighted by molar-refractivity contribution is 0.319. The second-order valence-electron chi connectivity index (χ2n) is 5.81. The van der Waals surface area contributed by atoms with Crippen molar-refractivity contribution in [3.05, 3.63) is 17.5 Å².